The molecule has 0 amide bonds. The summed E-state index contributed by atoms with van der Waals surface area (Å²) < 4.78 is 4.85. The fraction of sp³-hybridized carbons (Fsp3) is 0.727. The number of nitrogens with one attached hydrogen (secondary N) is 1. The molecule has 1 heterocycles. The van der Waals surface area contributed by atoms with Gasteiger partial charge in [-0.05, 0) is 12.8 Å². The Kier molecular flexibility index (Phi) is 4.29. The van der Waals surface area contributed by atoms with Crippen molar-refractivity contribution in [2.75, 3.05) is 20.3 Å². The van der Waals surface area contributed by atoms with E-state index < -0.39 is 6.10 Å². The second-order valence-corrected chi connectivity index (χ2v) is 5.08. The molecule has 16 heavy (non-hydrogen) atoms. The summed E-state index contributed by atoms with van der Waals surface area (Å²) in [6, 6.07) is 0. The molecule has 90 valence electrons. The van der Waals surface area contributed by atoms with E-state index in [-0.39, 0.29) is 0 Å². The monoisotopic (exact) mass is 242 g/mol. The zero-order valence-electron chi connectivity index (χ0n) is 9.48. The maximum atomic E-state index is 9.43. The Morgan fingerprint density at radius 2 is 2.50 bits per heavy atom. The van der Waals surface area contributed by atoms with Gasteiger partial charge in [0.15, 0.2) is 0 Å². The smallest absolute Gasteiger partial charge is 0.0959 e. The van der Waals surface area contributed by atoms with Crippen molar-refractivity contribution in [3.63, 3.8) is 0 Å². The van der Waals surface area contributed by atoms with E-state index in [9.17, 15) is 5.11 Å². The van der Waals surface area contributed by atoms with Gasteiger partial charge in [-0.15, -0.1) is 11.3 Å². The SMILES string of the molecule is COCC(O)CNCc1csc(C2CC2)n1. The molecular formula is C11H18N2O2S. The molecule has 4 nitrogen and oxygen atoms in total. The molecular weight excluding hydrogens is 224 g/mol. The van der Waals surface area contributed by atoms with Gasteiger partial charge in [-0.25, -0.2) is 4.98 Å². The van der Waals surface area contributed by atoms with Crippen LogP contribution >= 0.6 is 11.3 Å². The molecule has 1 fully saturated rings. The molecule has 0 bridgehead atoms. The summed E-state index contributed by atoms with van der Waals surface area (Å²) in [5, 5.41) is 16.0. The largest absolute Gasteiger partial charge is 0.389 e. The van der Waals surface area contributed by atoms with Gasteiger partial charge < -0.3 is 15.2 Å². The topological polar surface area (TPSA) is 54.4 Å². The maximum Gasteiger partial charge on any atom is 0.0959 e. The third-order valence-electron chi connectivity index (χ3n) is 2.54. The molecule has 0 radical (unpaired) electrons. The zero-order valence-corrected chi connectivity index (χ0v) is 10.3. The first-order valence-corrected chi connectivity index (χ1v) is 6.49. The molecule has 1 atom stereocenters. The Morgan fingerprint density at radius 3 is 3.19 bits per heavy atom. The van der Waals surface area contributed by atoms with Crippen molar-refractivity contribution in [1.82, 2.24) is 10.3 Å². The molecule has 1 aromatic heterocycles. The highest BCUT2D eigenvalue weighted by molar-refractivity contribution is 7.09. The van der Waals surface area contributed by atoms with Gasteiger partial charge in [0.2, 0.25) is 0 Å². The third-order valence-corrected chi connectivity index (χ3v) is 3.60. The van der Waals surface area contributed by atoms with Crippen molar-refractivity contribution in [1.29, 1.82) is 0 Å². The van der Waals surface area contributed by atoms with Gasteiger partial charge in [0, 0.05) is 31.5 Å². The van der Waals surface area contributed by atoms with Crippen molar-refractivity contribution in [2.45, 2.75) is 31.4 Å². The van der Waals surface area contributed by atoms with Gasteiger partial charge in [0.1, 0.15) is 0 Å². The molecule has 0 aromatic carbocycles. The van der Waals surface area contributed by atoms with E-state index in [0.717, 1.165) is 18.2 Å². The first kappa shape index (κ1) is 12.0. The molecule has 1 unspecified atom stereocenters. The molecule has 0 aliphatic heterocycles. The lowest BCUT2D eigenvalue weighted by Gasteiger charge is -2.09. The Balaban J connectivity index is 1.68. The predicted octanol–water partition coefficient (Wildman–Crippen LogP) is 1.12. The highest BCUT2D eigenvalue weighted by atomic mass is 32.1. The molecule has 1 aliphatic carbocycles. The Labute approximate surface area is 99.7 Å². The minimum atomic E-state index is -0.438. The number of aliphatic hydroxyl groups is 1. The lowest BCUT2D eigenvalue weighted by atomic mass is 10.3. The number of hydrogen-bond donors (Lipinski definition) is 2. The van der Waals surface area contributed by atoms with E-state index >= 15 is 0 Å². The summed E-state index contributed by atoms with van der Waals surface area (Å²) >= 11 is 1.75. The van der Waals surface area contributed by atoms with Gasteiger partial charge in [0.25, 0.3) is 0 Å². The molecule has 0 spiro atoms. The fourth-order valence-corrected chi connectivity index (χ4v) is 2.53. The van der Waals surface area contributed by atoms with Gasteiger partial charge >= 0.3 is 0 Å². The highest BCUT2D eigenvalue weighted by Gasteiger charge is 2.26. The van der Waals surface area contributed by atoms with E-state index in [1.807, 2.05) is 0 Å². The number of rotatable bonds is 7. The van der Waals surface area contributed by atoms with Gasteiger partial charge in [-0.1, -0.05) is 0 Å². The Morgan fingerprint density at radius 1 is 1.69 bits per heavy atom. The molecule has 5 heteroatoms. The van der Waals surface area contributed by atoms with Crippen molar-refractivity contribution >= 4 is 11.3 Å². The number of nitrogens with zero attached hydrogens (tertiary/aromatic N) is 1. The summed E-state index contributed by atoms with van der Waals surface area (Å²) in [5.74, 6) is 0.734. The highest BCUT2D eigenvalue weighted by Crippen LogP contribution is 2.41. The fourth-order valence-electron chi connectivity index (χ4n) is 1.54. The quantitative estimate of drug-likeness (QED) is 0.752. The average molecular weight is 242 g/mol. The van der Waals surface area contributed by atoms with Crippen LogP contribution < -0.4 is 5.32 Å². The van der Waals surface area contributed by atoms with Gasteiger partial charge in [-0.3, -0.25) is 0 Å². The lowest BCUT2D eigenvalue weighted by molar-refractivity contribution is 0.0643. The second-order valence-electron chi connectivity index (χ2n) is 4.19. The maximum absolute atomic E-state index is 9.43. The standard InChI is InChI=1S/C11H18N2O2S/c1-15-6-10(14)5-12-4-9-7-16-11(13-9)8-2-3-8/h7-8,10,12,14H,2-6H2,1H3. The van der Waals surface area contributed by atoms with Crippen LogP contribution in [0.1, 0.15) is 29.5 Å². The van der Waals surface area contributed by atoms with E-state index in [0.29, 0.717) is 13.2 Å². The number of hydrogen-bond acceptors (Lipinski definition) is 5. The summed E-state index contributed by atoms with van der Waals surface area (Å²) in [5.41, 5.74) is 1.08. The van der Waals surface area contributed by atoms with E-state index in [4.69, 9.17) is 4.74 Å². The van der Waals surface area contributed by atoms with Crippen molar-refractivity contribution < 1.29 is 9.84 Å². The lowest BCUT2D eigenvalue weighted by Crippen LogP contribution is -2.29. The summed E-state index contributed by atoms with van der Waals surface area (Å²) in [6.07, 6.45) is 2.16. The van der Waals surface area contributed by atoms with E-state index in [2.05, 4.69) is 15.7 Å². The zero-order chi connectivity index (χ0) is 11.4. The van der Waals surface area contributed by atoms with Crippen molar-refractivity contribution in [2.24, 2.45) is 0 Å². The summed E-state index contributed by atoms with van der Waals surface area (Å²) in [4.78, 5) is 4.56. The average Bonchev–Trinajstić information content (AvgIpc) is 3.00. The minimum Gasteiger partial charge on any atom is -0.389 e. The normalized spacial score (nSPS) is 17.6. The third kappa shape index (κ3) is 3.52. The Bertz CT molecular complexity index is 326. The molecule has 2 rings (SSSR count). The van der Waals surface area contributed by atoms with Crippen LogP contribution in [0.2, 0.25) is 0 Å². The van der Waals surface area contributed by atoms with Crippen molar-refractivity contribution in [3.8, 4) is 0 Å². The molecule has 1 saturated carbocycles. The van der Waals surface area contributed by atoms with Crippen LogP contribution in [0, 0.1) is 0 Å². The first-order chi connectivity index (χ1) is 7.79. The summed E-state index contributed by atoms with van der Waals surface area (Å²) in [7, 11) is 1.59. The number of thiazole rings is 1. The van der Waals surface area contributed by atoms with Crippen LogP contribution in [0.5, 0.6) is 0 Å². The molecule has 1 aliphatic rings. The van der Waals surface area contributed by atoms with Crippen LogP contribution in [0.25, 0.3) is 0 Å². The van der Waals surface area contributed by atoms with E-state index in [1.54, 1.807) is 18.4 Å². The van der Waals surface area contributed by atoms with Crippen LogP contribution in [0.3, 0.4) is 0 Å². The number of ether oxygens (including phenoxy) is 1. The summed E-state index contributed by atoms with van der Waals surface area (Å²) in [6.45, 7) is 1.64. The first-order valence-electron chi connectivity index (χ1n) is 5.61. The van der Waals surface area contributed by atoms with Crippen LogP contribution in [0.15, 0.2) is 5.38 Å². The Hall–Kier alpha value is -0.490. The molecule has 1 aromatic rings. The van der Waals surface area contributed by atoms with Crippen molar-refractivity contribution in [3.05, 3.63) is 16.1 Å². The molecule has 2 N–H and O–H groups in total. The number of methoxy groups -OCH3 is 1. The van der Waals surface area contributed by atoms with Crippen LogP contribution in [0.4, 0.5) is 0 Å². The number of aromatic nitrogens is 1. The minimum absolute atomic E-state index is 0.372. The van der Waals surface area contributed by atoms with E-state index in [1.165, 1.54) is 17.8 Å². The van der Waals surface area contributed by atoms with Gasteiger partial charge in [0.05, 0.1) is 23.4 Å². The number of aliphatic hydroxyl groups excluding tert-OH is 1. The van der Waals surface area contributed by atoms with Gasteiger partial charge in [-0.2, -0.15) is 0 Å². The van der Waals surface area contributed by atoms with Crippen LogP contribution in [-0.2, 0) is 11.3 Å². The second kappa shape index (κ2) is 5.72. The van der Waals surface area contributed by atoms with Crippen LogP contribution in [-0.4, -0.2) is 36.5 Å². The predicted molar refractivity (Wildman–Crippen MR) is 63.7 cm³/mol. The molecule has 0 saturated heterocycles.